The van der Waals surface area contributed by atoms with Crippen molar-refractivity contribution in [2.45, 2.75) is 38.1 Å². The Morgan fingerprint density at radius 2 is 2.04 bits per heavy atom. The van der Waals surface area contributed by atoms with E-state index in [2.05, 4.69) is 26.1 Å². The lowest BCUT2D eigenvalue weighted by molar-refractivity contribution is -0.125. The number of hydrogen-bond donors (Lipinski definition) is 5. The molecule has 0 bridgehead atoms. The number of aromatic amines is 1. The van der Waals surface area contributed by atoms with Gasteiger partial charge in [0.1, 0.15) is 6.04 Å². The number of rotatable bonds is 9. The molecule has 27 heavy (non-hydrogen) atoms. The average molecular weight is 372 g/mol. The molecule has 1 aromatic heterocycles. The molecule has 1 aliphatic rings. The van der Waals surface area contributed by atoms with Crippen LogP contribution in [0.25, 0.3) is 11.0 Å². The summed E-state index contributed by atoms with van der Waals surface area (Å²) < 4.78 is 0. The first-order chi connectivity index (χ1) is 13.0. The van der Waals surface area contributed by atoms with Crippen LogP contribution in [0.1, 0.15) is 42.7 Å². The summed E-state index contributed by atoms with van der Waals surface area (Å²) in [6, 6.07) is 6.66. The Labute approximate surface area is 156 Å². The summed E-state index contributed by atoms with van der Waals surface area (Å²) in [7, 11) is 0. The third kappa shape index (κ3) is 5.04. The van der Waals surface area contributed by atoms with Crippen molar-refractivity contribution in [1.82, 2.24) is 26.1 Å². The molecule has 1 aromatic carbocycles. The van der Waals surface area contributed by atoms with E-state index in [9.17, 15) is 14.4 Å². The monoisotopic (exact) mass is 372 g/mol. The van der Waals surface area contributed by atoms with E-state index in [1.54, 1.807) is 0 Å². The number of hydrazine groups is 1. The van der Waals surface area contributed by atoms with Gasteiger partial charge in [0.25, 0.3) is 11.8 Å². The molecule has 0 spiro atoms. The minimum Gasteiger partial charge on any atom is -0.370 e. The van der Waals surface area contributed by atoms with Crippen molar-refractivity contribution >= 4 is 28.8 Å². The van der Waals surface area contributed by atoms with Crippen LogP contribution in [0.3, 0.4) is 0 Å². The standard InChI is InChI=1S/C18H24N6O3/c19-15(25)8-9-20-24-17(26)14(10-11-4-3-5-11)23-18(27)16-21-12-6-1-2-7-13(12)22-16/h1-2,6-7,11,14,20H,3-5,8-10H2,(H2,19,25)(H,21,22)(H,23,27)(H,24,26). The van der Waals surface area contributed by atoms with Crippen LogP contribution in [0.4, 0.5) is 0 Å². The second-order valence-electron chi connectivity index (χ2n) is 6.79. The largest absolute Gasteiger partial charge is 0.370 e. The first-order valence-electron chi connectivity index (χ1n) is 9.09. The van der Waals surface area contributed by atoms with E-state index in [0.717, 1.165) is 24.8 Å². The zero-order chi connectivity index (χ0) is 19.2. The molecule has 3 rings (SSSR count). The highest BCUT2D eigenvalue weighted by atomic mass is 16.2. The van der Waals surface area contributed by atoms with Crippen LogP contribution >= 0.6 is 0 Å². The maximum atomic E-state index is 12.6. The molecule has 1 fully saturated rings. The molecule has 6 N–H and O–H groups in total. The number of aromatic nitrogens is 2. The zero-order valence-electron chi connectivity index (χ0n) is 15.0. The second-order valence-corrected chi connectivity index (χ2v) is 6.79. The van der Waals surface area contributed by atoms with Crippen molar-refractivity contribution in [2.75, 3.05) is 6.54 Å². The third-order valence-corrected chi connectivity index (χ3v) is 4.73. The first kappa shape index (κ1) is 18.8. The Morgan fingerprint density at radius 3 is 2.70 bits per heavy atom. The molecule has 144 valence electrons. The van der Waals surface area contributed by atoms with Gasteiger partial charge in [-0.05, 0) is 24.5 Å². The highest BCUT2D eigenvalue weighted by Gasteiger charge is 2.28. The highest BCUT2D eigenvalue weighted by molar-refractivity contribution is 5.97. The summed E-state index contributed by atoms with van der Waals surface area (Å²) >= 11 is 0. The molecule has 9 heteroatoms. The lowest BCUT2D eigenvalue weighted by atomic mass is 9.80. The molecule has 2 aromatic rings. The van der Waals surface area contributed by atoms with Crippen molar-refractivity contribution in [3.05, 3.63) is 30.1 Å². The highest BCUT2D eigenvalue weighted by Crippen LogP contribution is 2.30. The van der Waals surface area contributed by atoms with E-state index in [1.165, 1.54) is 0 Å². The van der Waals surface area contributed by atoms with E-state index in [-0.39, 0.29) is 24.7 Å². The Morgan fingerprint density at radius 1 is 1.26 bits per heavy atom. The number of H-pyrrole nitrogens is 1. The lowest BCUT2D eigenvalue weighted by Gasteiger charge is -2.29. The van der Waals surface area contributed by atoms with Gasteiger partial charge in [0.15, 0.2) is 5.82 Å². The predicted molar refractivity (Wildman–Crippen MR) is 99.3 cm³/mol. The average Bonchev–Trinajstić information content (AvgIpc) is 3.04. The molecule has 0 radical (unpaired) electrons. The Kier molecular flexibility index (Phi) is 6.02. The number of carbonyl (C=O) groups is 3. The van der Waals surface area contributed by atoms with Crippen molar-refractivity contribution in [1.29, 1.82) is 0 Å². The molecule has 1 heterocycles. The molecule has 1 saturated carbocycles. The van der Waals surface area contributed by atoms with Gasteiger partial charge in [0.2, 0.25) is 5.91 Å². The summed E-state index contributed by atoms with van der Waals surface area (Å²) in [5, 5.41) is 2.77. The van der Waals surface area contributed by atoms with Gasteiger partial charge in [0, 0.05) is 13.0 Å². The molecule has 1 atom stereocenters. The van der Waals surface area contributed by atoms with Crippen LogP contribution in [0, 0.1) is 5.92 Å². The van der Waals surface area contributed by atoms with Gasteiger partial charge in [-0.3, -0.25) is 19.8 Å². The molecule has 9 nitrogen and oxygen atoms in total. The van der Waals surface area contributed by atoms with Gasteiger partial charge in [-0.25, -0.2) is 10.4 Å². The zero-order valence-corrected chi connectivity index (χ0v) is 15.0. The van der Waals surface area contributed by atoms with Crippen LogP contribution < -0.4 is 21.9 Å². The van der Waals surface area contributed by atoms with Crippen LogP contribution in [0.2, 0.25) is 0 Å². The van der Waals surface area contributed by atoms with E-state index >= 15 is 0 Å². The number of nitrogens with one attached hydrogen (secondary N) is 4. The number of fused-ring (bicyclic) bond motifs is 1. The summed E-state index contributed by atoms with van der Waals surface area (Å²) in [4.78, 5) is 43.0. The number of carbonyl (C=O) groups excluding carboxylic acids is 3. The normalized spacial score (nSPS) is 15.1. The number of imidazole rings is 1. The number of primary amides is 1. The van der Waals surface area contributed by atoms with Gasteiger partial charge in [0.05, 0.1) is 11.0 Å². The van der Waals surface area contributed by atoms with Gasteiger partial charge in [-0.15, -0.1) is 0 Å². The fourth-order valence-corrected chi connectivity index (χ4v) is 3.00. The van der Waals surface area contributed by atoms with Crippen molar-refractivity contribution in [2.24, 2.45) is 11.7 Å². The number of benzene rings is 1. The van der Waals surface area contributed by atoms with Crippen LogP contribution in [0.15, 0.2) is 24.3 Å². The summed E-state index contributed by atoms with van der Waals surface area (Å²) in [6.07, 6.45) is 3.93. The van der Waals surface area contributed by atoms with E-state index < -0.39 is 17.9 Å². The predicted octanol–water partition coefficient (Wildman–Crippen LogP) is 0.348. The van der Waals surface area contributed by atoms with E-state index in [4.69, 9.17) is 5.73 Å². The minimum atomic E-state index is -0.683. The first-order valence-corrected chi connectivity index (χ1v) is 9.09. The van der Waals surface area contributed by atoms with Crippen LogP contribution in [-0.4, -0.2) is 40.3 Å². The number of amides is 3. The van der Waals surface area contributed by atoms with E-state index in [1.807, 2.05) is 24.3 Å². The fourth-order valence-electron chi connectivity index (χ4n) is 3.00. The molecule has 3 amide bonds. The van der Waals surface area contributed by atoms with Gasteiger partial charge < -0.3 is 16.0 Å². The van der Waals surface area contributed by atoms with Crippen LogP contribution in [-0.2, 0) is 9.59 Å². The maximum absolute atomic E-state index is 12.6. The van der Waals surface area contributed by atoms with Gasteiger partial charge in [-0.2, -0.15) is 0 Å². The Balaban J connectivity index is 1.61. The van der Waals surface area contributed by atoms with Crippen molar-refractivity contribution in [3.8, 4) is 0 Å². The SMILES string of the molecule is NC(=O)CCNNC(=O)C(CC1CCC1)NC(=O)c1nc2ccccc2[nH]1. The molecular formula is C18H24N6O3. The third-order valence-electron chi connectivity index (χ3n) is 4.73. The molecular weight excluding hydrogens is 348 g/mol. The summed E-state index contributed by atoms with van der Waals surface area (Å²) in [6.45, 7) is 0.231. The molecule has 1 aliphatic carbocycles. The molecule has 0 saturated heterocycles. The fraction of sp³-hybridized carbons (Fsp3) is 0.444. The lowest BCUT2D eigenvalue weighted by Crippen LogP contribution is -2.52. The maximum Gasteiger partial charge on any atom is 0.287 e. The quantitative estimate of drug-likeness (QED) is 0.319. The number of para-hydroxylation sites is 2. The summed E-state index contributed by atoms with van der Waals surface area (Å²) in [5.74, 6) is -0.647. The van der Waals surface area contributed by atoms with Crippen molar-refractivity contribution in [3.63, 3.8) is 0 Å². The van der Waals surface area contributed by atoms with Crippen LogP contribution in [0.5, 0.6) is 0 Å². The molecule has 1 unspecified atom stereocenters. The number of hydrogen-bond acceptors (Lipinski definition) is 5. The molecule has 0 aliphatic heterocycles. The summed E-state index contributed by atoms with van der Waals surface area (Å²) in [5.41, 5.74) is 11.7. The smallest absolute Gasteiger partial charge is 0.287 e. The van der Waals surface area contributed by atoms with E-state index in [0.29, 0.717) is 17.9 Å². The number of nitrogens with two attached hydrogens (primary N) is 1. The topological polar surface area (TPSA) is 142 Å². The Hall–Kier alpha value is -2.94. The van der Waals surface area contributed by atoms with Gasteiger partial charge in [-0.1, -0.05) is 31.4 Å². The number of nitrogens with zero attached hydrogens (tertiary/aromatic N) is 1. The van der Waals surface area contributed by atoms with Crippen molar-refractivity contribution < 1.29 is 14.4 Å². The second kappa shape index (κ2) is 8.63. The Bertz CT molecular complexity index is 796. The van der Waals surface area contributed by atoms with Gasteiger partial charge >= 0.3 is 0 Å². The minimum absolute atomic E-state index is 0.110.